The van der Waals surface area contributed by atoms with Gasteiger partial charge in [-0.1, -0.05) is 43.2 Å². The Labute approximate surface area is 97.0 Å². The molecule has 2 fully saturated rings. The Morgan fingerprint density at radius 3 is 2.75 bits per heavy atom. The summed E-state index contributed by atoms with van der Waals surface area (Å²) in [6.07, 6.45) is 5.51. The molecule has 0 aromatic heterocycles. The fraction of sp³-hybridized carbons (Fsp3) is 0.571. The van der Waals surface area contributed by atoms with Gasteiger partial charge in [-0.15, -0.1) is 0 Å². The molecule has 0 amide bonds. The van der Waals surface area contributed by atoms with E-state index in [1.165, 1.54) is 31.2 Å². The van der Waals surface area contributed by atoms with Crippen molar-refractivity contribution in [2.45, 2.75) is 38.0 Å². The highest BCUT2D eigenvalue weighted by Gasteiger charge is 2.32. The van der Waals surface area contributed by atoms with Gasteiger partial charge in [-0.2, -0.15) is 0 Å². The van der Waals surface area contributed by atoms with Crippen molar-refractivity contribution in [1.82, 2.24) is 5.32 Å². The Morgan fingerprint density at radius 1 is 1.06 bits per heavy atom. The van der Waals surface area contributed by atoms with Crippen LogP contribution in [-0.4, -0.2) is 12.6 Å². The number of hydrogen-bond acceptors (Lipinski definition) is 2. The minimum Gasteiger partial charge on any atom is -0.359 e. The Hall–Kier alpha value is -0.860. The zero-order chi connectivity index (χ0) is 10.8. The third kappa shape index (κ3) is 2.00. The van der Waals surface area contributed by atoms with E-state index in [0.717, 1.165) is 12.5 Å². The molecule has 3 rings (SSSR count). The van der Waals surface area contributed by atoms with Gasteiger partial charge in [0.25, 0.3) is 0 Å². The normalized spacial score (nSPS) is 34.4. The number of rotatable bonds is 1. The minimum absolute atomic E-state index is 0.112. The molecule has 86 valence electrons. The van der Waals surface area contributed by atoms with Crippen LogP contribution in [0.15, 0.2) is 30.3 Å². The number of benzene rings is 1. The second-order valence-electron chi connectivity index (χ2n) is 4.94. The van der Waals surface area contributed by atoms with Gasteiger partial charge in [0.15, 0.2) is 0 Å². The smallest absolute Gasteiger partial charge is 0.134 e. The quantitative estimate of drug-likeness (QED) is 0.781. The number of hydrogen-bond donors (Lipinski definition) is 1. The Morgan fingerprint density at radius 2 is 1.88 bits per heavy atom. The molecule has 1 aromatic carbocycles. The highest BCUT2D eigenvalue weighted by atomic mass is 16.5. The summed E-state index contributed by atoms with van der Waals surface area (Å²) >= 11 is 0. The monoisotopic (exact) mass is 217 g/mol. The SMILES string of the molecule is c1ccc(C2NC3CCCCC3CO2)cc1. The van der Waals surface area contributed by atoms with E-state index in [-0.39, 0.29) is 6.23 Å². The van der Waals surface area contributed by atoms with Crippen LogP contribution in [-0.2, 0) is 4.74 Å². The van der Waals surface area contributed by atoms with Crippen LogP contribution >= 0.6 is 0 Å². The van der Waals surface area contributed by atoms with Crippen LogP contribution in [0.5, 0.6) is 0 Å². The molecule has 3 unspecified atom stereocenters. The van der Waals surface area contributed by atoms with Crippen molar-refractivity contribution in [2.24, 2.45) is 5.92 Å². The first kappa shape index (κ1) is 10.3. The van der Waals surface area contributed by atoms with E-state index >= 15 is 0 Å². The zero-order valence-corrected chi connectivity index (χ0v) is 9.56. The van der Waals surface area contributed by atoms with Crippen molar-refractivity contribution >= 4 is 0 Å². The Balaban J connectivity index is 1.71. The summed E-state index contributed by atoms with van der Waals surface area (Å²) in [6, 6.07) is 11.2. The number of fused-ring (bicyclic) bond motifs is 1. The predicted octanol–water partition coefficient (Wildman–Crippen LogP) is 2.86. The van der Waals surface area contributed by atoms with Crippen molar-refractivity contribution in [3.8, 4) is 0 Å². The van der Waals surface area contributed by atoms with Gasteiger partial charge in [-0.25, -0.2) is 0 Å². The highest BCUT2D eigenvalue weighted by molar-refractivity contribution is 5.17. The third-order valence-electron chi connectivity index (χ3n) is 3.85. The average molecular weight is 217 g/mol. The standard InChI is InChI=1S/C14H19NO/c1-2-6-11(7-3-1)14-15-13-9-5-4-8-12(13)10-16-14/h1-3,6-7,12-15H,4-5,8-10H2. The lowest BCUT2D eigenvalue weighted by molar-refractivity contribution is -0.0640. The molecule has 2 heteroatoms. The van der Waals surface area contributed by atoms with Crippen LogP contribution in [0.3, 0.4) is 0 Å². The summed E-state index contributed by atoms with van der Waals surface area (Å²) < 4.78 is 5.92. The molecule has 1 aromatic rings. The van der Waals surface area contributed by atoms with E-state index in [1.807, 2.05) is 0 Å². The molecular formula is C14H19NO. The molecule has 0 spiro atoms. The van der Waals surface area contributed by atoms with Gasteiger partial charge in [0.1, 0.15) is 6.23 Å². The molecule has 1 N–H and O–H groups in total. The molecule has 3 atom stereocenters. The summed E-state index contributed by atoms with van der Waals surface area (Å²) in [4.78, 5) is 0. The lowest BCUT2D eigenvalue weighted by Crippen LogP contribution is -2.48. The maximum Gasteiger partial charge on any atom is 0.134 e. The highest BCUT2D eigenvalue weighted by Crippen LogP contribution is 2.31. The summed E-state index contributed by atoms with van der Waals surface area (Å²) in [7, 11) is 0. The van der Waals surface area contributed by atoms with Crippen LogP contribution in [0.2, 0.25) is 0 Å². The van der Waals surface area contributed by atoms with E-state index in [4.69, 9.17) is 4.74 Å². The molecule has 0 radical (unpaired) electrons. The van der Waals surface area contributed by atoms with E-state index < -0.39 is 0 Å². The molecule has 16 heavy (non-hydrogen) atoms. The fourth-order valence-corrected chi connectivity index (χ4v) is 2.91. The third-order valence-corrected chi connectivity index (χ3v) is 3.85. The summed E-state index contributed by atoms with van der Waals surface area (Å²) in [6.45, 7) is 0.928. The largest absolute Gasteiger partial charge is 0.359 e. The Kier molecular flexibility index (Phi) is 2.94. The number of ether oxygens (including phenoxy) is 1. The minimum atomic E-state index is 0.112. The molecule has 1 aliphatic heterocycles. The fourth-order valence-electron chi connectivity index (χ4n) is 2.91. The van der Waals surface area contributed by atoms with Gasteiger partial charge in [-0.3, -0.25) is 5.32 Å². The summed E-state index contributed by atoms with van der Waals surface area (Å²) in [5, 5.41) is 3.65. The van der Waals surface area contributed by atoms with E-state index in [9.17, 15) is 0 Å². The van der Waals surface area contributed by atoms with E-state index in [1.54, 1.807) is 0 Å². The zero-order valence-electron chi connectivity index (χ0n) is 9.56. The van der Waals surface area contributed by atoms with Gasteiger partial charge in [0, 0.05) is 6.04 Å². The maximum atomic E-state index is 5.92. The van der Waals surface area contributed by atoms with Crippen molar-refractivity contribution in [3.63, 3.8) is 0 Å². The van der Waals surface area contributed by atoms with Crippen molar-refractivity contribution in [1.29, 1.82) is 0 Å². The van der Waals surface area contributed by atoms with Crippen LogP contribution in [0.25, 0.3) is 0 Å². The molecule has 2 nitrogen and oxygen atoms in total. The number of nitrogens with one attached hydrogen (secondary N) is 1. The first-order valence-electron chi connectivity index (χ1n) is 6.36. The van der Waals surface area contributed by atoms with Crippen molar-refractivity contribution in [3.05, 3.63) is 35.9 Å². The molecule has 1 aliphatic carbocycles. The van der Waals surface area contributed by atoms with Gasteiger partial charge in [-0.05, 0) is 24.3 Å². The lowest BCUT2D eigenvalue weighted by Gasteiger charge is -2.40. The van der Waals surface area contributed by atoms with Gasteiger partial charge in [0.2, 0.25) is 0 Å². The van der Waals surface area contributed by atoms with E-state index in [2.05, 4.69) is 35.6 Å². The molecule has 0 bridgehead atoms. The van der Waals surface area contributed by atoms with Crippen LogP contribution in [0, 0.1) is 5.92 Å². The summed E-state index contributed by atoms with van der Waals surface area (Å²) in [5.41, 5.74) is 1.26. The van der Waals surface area contributed by atoms with Gasteiger partial charge >= 0.3 is 0 Å². The molecular weight excluding hydrogens is 198 g/mol. The Bertz CT molecular complexity index is 338. The molecule has 1 saturated heterocycles. The molecule has 1 saturated carbocycles. The van der Waals surface area contributed by atoms with E-state index in [0.29, 0.717) is 6.04 Å². The average Bonchev–Trinajstić information content (AvgIpc) is 2.39. The topological polar surface area (TPSA) is 21.3 Å². The lowest BCUT2D eigenvalue weighted by atomic mass is 9.84. The van der Waals surface area contributed by atoms with Crippen LogP contribution < -0.4 is 5.32 Å². The first-order valence-corrected chi connectivity index (χ1v) is 6.36. The molecule has 1 heterocycles. The summed E-state index contributed by atoms with van der Waals surface area (Å²) in [5.74, 6) is 0.744. The first-order chi connectivity index (χ1) is 7.93. The maximum absolute atomic E-state index is 5.92. The van der Waals surface area contributed by atoms with Crippen LogP contribution in [0.1, 0.15) is 37.5 Å². The van der Waals surface area contributed by atoms with Gasteiger partial charge in [0.05, 0.1) is 6.61 Å². The second-order valence-corrected chi connectivity index (χ2v) is 4.94. The van der Waals surface area contributed by atoms with Crippen molar-refractivity contribution < 1.29 is 4.74 Å². The second kappa shape index (κ2) is 4.56. The van der Waals surface area contributed by atoms with Crippen molar-refractivity contribution in [2.75, 3.05) is 6.61 Å². The predicted molar refractivity (Wildman–Crippen MR) is 64.0 cm³/mol. The van der Waals surface area contributed by atoms with Gasteiger partial charge < -0.3 is 4.74 Å². The van der Waals surface area contributed by atoms with Crippen LogP contribution in [0.4, 0.5) is 0 Å². The molecule has 2 aliphatic rings.